The van der Waals surface area contributed by atoms with Crippen molar-refractivity contribution in [1.29, 1.82) is 0 Å². The zero-order valence-electron chi connectivity index (χ0n) is 18.3. The number of carbonyl (C=O) groups excluding carboxylic acids is 1. The molecule has 2 aromatic heterocycles. The average Bonchev–Trinajstić information content (AvgIpc) is 2.74. The van der Waals surface area contributed by atoms with Gasteiger partial charge in [-0.1, -0.05) is 26.0 Å². The van der Waals surface area contributed by atoms with Crippen LogP contribution in [-0.4, -0.2) is 33.4 Å². The number of nitrogens with one attached hydrogen (secondary N) is 1. The highest BCUT2D eigenvalue weighted by Gasteiger charge is 2.27. The molecule has 1 amide bonds. The van der Waals surface area contributed by atoms with Crippen molar-refractivity contribution in [3.8, 4) is 0 Å². The maximum Gasteiger partial charge on any atom is 0.257 e. The number of hydrogen-bond acceptors (Lipinski definition) is 4. The third-order valence-electron chi connectivity index (χ3n) is 6.01. The Kier molecular flexibility index (Phi) is 5.71. The maximum absolute atomic E-state index is 13.5. The van der Waals surface area contributed by atoms with Crippen LogP contribution in [0.15, 0.2) is 42.6 Å². The Labute approximate surface area is 178 Å². The molecule has 30 heavy (non-hydrogen) atoms. The summed E-state index contributed by atoms with van der Waals surface area (Å²) >= 11 is 0. The topological polar surface area (TPSA) is 58.1 Å². The highest BCUT2D eigenvalue weighted by molar-refractivity contribution is 6.07. The number of piperidine rings is 1. The lowest BCUT2D eigenvalue weighted by molar-refractivity contribution is 0.0636. The first-order valence-corrected chi connectivity index (χ1v) is 10.9. The van der Waals surface area contributed by atoms with Crippen LogP contribution in [0.5, 0.6) is 0 Å². The third-order valence-corrected chi connectivity index (χ3v) is 6.01. The third kappa shape index (κ3) is 4.02. The first kappa shape index (κ1) is 20.3. The Bertz CT molecular complexity index is 1060. The number of amides is 1. The van der Waals surface area contributed by atoms with Crippen molar-refractivity contribution in [2.45, 2.75) is 58.9 Å². The fraction of sp³-hybridized carbons (Fsp3) is 0.400. The Balaban J connectivity index is 1.78. The van der Waals surface area contributed by atoms with E-state index in [9.17, 15) is 4.79 Å². The zero-order valence-corrected chi connectivity index (χ0v) is 18.3. The summed E-state index contributed by atoms with van der Waals surface area (Å²) in [5.41, 5.74) is 5.19. The number of aryl methyl sites for hydroxylation is 1. The van der Waals surface area contributed by atoms with E-state index in [0.29, 0.717) is 17.1 Å². The van der Waals surface area contributed by atoms with E-state index in [0.717, 1.165) is 41.8 Å². The number of pyridine rings is 2. The minimum Gasteiger partial charge on any atom is -0.354 e. The number of nitrogens with zero attached hydrogens (tertiary/aromatic N) is 3. The molecule has 0 spiro atoms. The molecule has 1 unspecified atom stereocenters. The van der Waals surface area contributed by atoms with Crippen molar-refractivity contribution >= 4 is 28.3 Å². The number of hydrogen-bond donors (Lipinski definition) is 1. The van der Waals surface area contributed by atoms with Crippen LogP contribution >= 0.6 is 0 Å². The van der Waals surface area contributed by atoms with Gasteiger partial charge in [0.15, 0.2) is 5.65 Å². The van der Waals surface area contributed by atoms with Crippen molar-refractivity contribution in [2.24, 2.45) is 0 Å². The molecule has 1 saturated heterocycles. The summed E-state index contributed by atoms with van der Waals surface area (Å²) in [5.74, 6) is 0.518. The highest BCUT2D eigenvalue weighted by atomic mass is 16.2. The molecule has 3 aromatic rings. The lowest BCUT2D eigenvalue weighted by Gasteiger charge is -2.34. The van der Waals surface area contributed by atoms with E-state index in [2.05, 4.69) is 60.3 Å². The van der Waals surface area contributed by atoms with E-state index < -0.39 is 0 Å². The van der Waals surface area contributed by atoms with E-state index >= 15 is 0 Å². The molecule has 1 aromatic carbocycles. The molecular formula is C25H30N4O. The molecule has 0 aliphatic carbocycles. The van der Waals surface area contributed by atoms with Crippen LogP contribution in [0.25, 0.3) is 11.0 Å². The second-order valence-corrected chi connectivity index (χ2v) is 8.62. The first-order valence-electron chi connectivity index (χ1n) is 10.9. The predicted molar refractivity (Wildman–Crippen MR) is 122 cm³/mol. The lowest BCUT2D eigenvalue weighted by Crippen LogP contribution is -2.42. The van der Waals surface area contributed by atoms with Crippen LogP contribution in [0.2, 0.25) is 0 Å². The molecule has 5 nitrogen and oxygen atoms in total. The number of benzene rings is 1. The van der Waals surface area contributed by atoms with Crippen molar-refractivity contribution in [3.63, 3.8) is 0 Å². The molecule has 4 rings (SSSR count). The molecule has 1 N–H and O–H groups in total. The summed E-state index contributed by atoms with van der Waals surface area (Å²) < 4.78 is 0. The van der Waals surface area contributed by atoms with Crippen molar-refractivity contribution in [2.75, 3.05) is 11.9 Å². The van der Waals surface area contributed by atoms with Gasteiger partial charge in [-0.2, -0.15) is 0 Å². The number of anilines is 2. The molecule has 1 fully saturated rings. The number of likely N-dealkylation sites (tertiary alicyclic amines) is 1. The average molecular weight is 403 g/mol. The summed E-state index contributed by atoms with van der Waals surface area (Å²) in [5, 5.41) is 4.37. The Morgan fingerprint density at radius 1 is 1.13 bits per heavy atom. The zero-order chi connectivity index (χ0) is 21.3. The Morgan fingerprint density at radius 2 is 1.90 bits per heavy atom. The van der Waals surface area contributed by atoms with Gasteiger partial charge in [0.1, 0.15) is 0 Å². The van der Waals surface area contributed by atoms with Crippen molar-refractivity contribution < 1.29 is 4.79 Å². The molecule has 0 radical (unpaired) electrons. The van der Waals surface area contributed by atoms with Gasteiger partial charge >= 0.3 is 0 Å². The van der Waals surface area contributed by atoms with Gasteiger partial charge in [-0.05, 0) is 68.9 Å². The van der Waals surface area contributed by atoms with Crippen LogP contribution in [-0.2, 0) is 0 Å². The number of aromatic nitrogens is 2. The maximum atomic E-state index is 13.5. The van der Waals surface area contributed by atoms with Gasteiger partial charge in [-0.25, -0.2) is 9.97 Å². The smallest absolute Gasteiger partial charge is 0.257 e. The van der Waals surface area contributed by atoms with E-state index in [-0.39, 0.29) is 11.9 Å². The Morgan fingerprint density at radius 3 is 2.60 bits per heavy atom. The standard InChI is InChI=1S/C25H30N4O/c1-16(2)19-9-11-20(12-10-19)28-23-21-13-8-17(3)27-24(21)26-15-22(23)25(30)29-14-6-5-7-18(29)4/h8-13,15-16,18H,5-7,14H2,1-4H3,(H,26,27,28). The van der Waals surface area contributed by atoms with Crippen LogP contribution in [0, 0.1) is 6.92 Å². The van der Waals surface area contributed by atoms with Gasteiger partial charge in [0, 0.05) is 35.6 Å². The first-order chi connectivity index (χ1) is 14.4. The monoisotopic (exact) mass is 402 g/mol. The fourth-order valence-corrected chi connectivity index (χ4v) is 4.12. The summed E-state index contributed by atoms with van der Waals surface area (Å²) in [6.07, 6.45) is 4.96. The van der Waals surface area contributed by atoms with Crippen molar-refractivity contribution in [1.82, 2.24) is 14.9 Å². The quantitative estimate of drug-likeness (QED) is 0.597. The highest BCUT2D eigenvalue weighted by Crippen LogP contribution is 2.31. The van der Waals surface area contributed by atoms with Gasteiger partial charge in [-0.15, -0.1) is 0 Å². The van der Waals surface area contributed by atoms with E-state index in [1.807, 2.05) is 24.0 Å². The van der Waals surface area contributed by atoms with Crippen molar-refractivity contribution in [3.05, 3.63) is 59.4 Å². The summed E-state index contributed by atoms with van der Waals surface area (Å²) in [6.45, 7) is 9.25. The molecule has 1 aliphatic rings. The minimum atomic E-state index is 0.0403. The van der Waals surface area contributed by atoms with Gasteiger partial charge in [-0.3, -0.25) is 4.79 Å². The summed E-state index contributed by atoms with van der Waals surface area (Å²) in [6, 6.07) is 12.6. The molecule has 156 valence electrons. The minimum absolute atomic E-state index is 0.0403. The van der Waals surface area contributed by atoms with Gasteiger partial charge < -0.3 is 10.2 Å². The lowest BCUT2D eigenvalue weighted by atomic mass is 10.0. The molecule has 3 heterocycles. The SMILES string of the molecule is Cc1ccc2c(Nc3ccc(C(C)C)cc3)c(C(=O)N3CCCCC3C)cnc2n1. The van der Waals surface area contributed by atoms with Gasteiger partial charge in [0.05, 0.1) is 11.3 Å². The number of fused-ring (bicyclic) bond motifs is 1. The molecule has 1 atom stereocenters. The second-order valence-electron chi connectivity index (χ2n) is 8.62. The van der Waals surface area contributed by atoms with E-state index in [4.69, 9.17) is 0 Å². The van der Waals surface area contributed by atoms with Gasteiger partial charge in [0.2, 0.25) is 0 Å². The van der Waals surface area contributed by atoms with Gasteiger partial charge in [0.25, 0.3) is 5.91 Å². The van der Waals surface area contributed by atoms with Crippen LogP contribution in [0.1, 0.15) is 67.6 Å². The van der Waals surface area contributed by atoms with E-state index in [1.54, 1.807) is 6.20 Å². The Hall–Kier alpha value is -2.95. The van der Waals surface area contributed by atoms with E-state index in [1.165, 1.54) is 12.0 Å². The number of carbonyl (C=O) groups is 1. The normalized spacial score (nSPS) is 16.8. The van der Waals surface area contributed by atoms with Crippen LogP contribution in [0.3, 0.4) is 0 Å². The molecule has 0 bridgehead atoms. The fourth-order valence-electron chi connectivity index (χ4n) is 4.12. The second kappa shape index (κ2) is 8.42. The van der Waals surface area contributed by atoms with Crippen LogP contribution < -0.4 is 5.32 Å². The number of rotatable bonds is 4. The predicted octanol–water partition coefficient (Wildman–Crippen LogP) is 5.82. The largest absolute Gasteiger partial charge is 0.354 e. The summed E-state index contributed by atoms with van der Waals surface area (Å²) in [7, 11) is 0. The molecule has 0 saturated carbocycles. The molecule has 1 aliphatic heterocycles. The molecule has 5 heteroatoms. The summed E-state index contributed by atoms with van der Waals surface area (Å²) in [4.78, 5) is 24.6. The van der Waals surface area contributed by atoms with Crippen LogP contribution in [0.4, 0.5) is 11.4 Å². The molecular weight excluding hydrogens is 372 g/mol.